The van der Waals surface area contributed by atoms with Gasteiger partial charge in [-0.1, -0.05) is 0 Å². The molecule has 1 aromatic rings. The van der Waals surface area contributed by atoms with Gasteiger partial charge in [-0.2, -0.15) is 5.10 Å². The minimum atomic E-state index is -0.142. The number of rotatable bonds is 6. The molecule has 0 radical (unpaired) electrons. The summed E-state index contributed by atoms with van der Waals surface area (Å²) in [5.74, 6) is 1.24. The summed E-state index contributed by atoms with van der Waals surface area (Å²) < 4.78 is 6.71. The second-order valence-electron chi connectivity index (χ2n) is 6.86. The Bertz CT molecular complexity index is 588. The third-order valence-corrected chi connectivity index (χ3v) is 5.12. The van der Waals surface area contributed by atoms with Crippen molar-refractivity contribution >= 4 is 17.7 Å². The number of hydrogen-bond donors (Lipinski definition) is 1. The van der Waals surface area contributed by atoms with Gasteiger partial charge in [0.15, 0.2) is 0 Å². The summed E-state index contributed by atoms with van der Waals surface area (Å²) in [6, 6.07) is 2.17. The highest BCUT2D eigenvalue weighted by Gasteiger charge is 2.31. The van der Waals surface area contributed by atoms with Crippen LogP contribution in [-0.4, -0.2) is 53.3 Å². The first-order valence-corrected chi connectivity index (χ1v) is 8.72. The van der Waals surface area contributed by atoms with Crippen molar-refractivity contribution in [3.05, 3.63) is 12.3 Å². The number of nitrogens with zero attached hydrogens (tertiary/aromatic N) is 3. The normalized spacial score (nSPS) is 20.6. The van der Waals surface area contributed by atoms with Crippen LogP contribution in [0, 0.1) is 11.8 Å². The number of nitrogens with one attached hydrogen (secondary N) is 1. The summed E-state index contributed by atoms with van der Waals surface area (Å²) in [4.78, 5) is 25.9. The topological polar surface area (TPSA) is 76.5 Å². The highest BCUT2D eigenvalue weighted by molar-refractivity contribution is 5.91. The molecule has 1 saturated carbocycles. The lowest BCUT2D eigenvalue weighted by Gasteiger charge is -2.30. The number of amides is 1. The molecule has 1 aliphatic carbocycles. The third kappa shape index (κ3) is 3.95. The second kappa shape index (κ2) is 7.34. The van der Waals surface area contributed by atoms with Gasteiger partial charge in [0, 0.05) is 6.07 Å². The lowest BCUT2D eigenvalue weighted by Crippen LogP contribution is -2.41. The summed E-state index contributed by atoms with van der Waals surface area (Å²) in [6.45, 7) is 3.98. The zero-order chi connectivity index (χ0) is 17.1. The summed E-state index contributed by atoms with van der Waals surface area (Å²) in [5, 5.41) is 7.33. The van der Waals surface area contributed by atoms with Crippen molar-refractivity contribution in [1.29, 1.82) is 0 Å². The number of anilines is 1. The van der Waals surface area contributed by atoms with Crippen molar-refractivity contribution in [2.45, 2.75) is 38.6 Å². The van der Waals surface area contributed by atoms with Gasteiger partial charge in [-0.05, 0) is 51.6 Å². The van der Waals surface area contributed by atoms with E-state index in [0.29, 0.717) is 18.5 Å². The molecule has 7 heteroatoms. The van der Waals surface area contributed by atoms with Gasteiger partial charge in [0.2, 0.25) is 5.91 Å². The number of likely N-dealkylation sites (tertiary alicyclic amines) is 1. The molecule has 1 saturated heterocycles. The first-order chi connectivity index (χ1) is 11.6. The summed E-state index contributed by atoms with van der Waals surface area (Å²) >= 11 is 0. The fourth-order valence-electron chi connectivity index (χ4n) is 3.40. The molecule has 0 bridgehead atoms. The predicted molar refractivity (Wildman–Crippen MR) is 89.5 cm³/mol. The third-order valence-electron chi connectivity index (χ3n) is 5.12. The average Bonchev–Trinajstić information content (AvgIpc) is 3.34. The maximum absolute atomic E-state index is 12.3. The van der Waals surface area contributed by atoms with Crippen LogP contribution >= 0.6 is 0 Å². The van der Waals surface area contributed by atoms with Crippen LogP contribution in [0.3, 0.4) is 0 Å². The van der Waals surface area contributed by atoms with E-state index in [2.05, 4.69) is 22.2 Å². The highest BCUT2D eigenvalue weighted by atomic mass is 16.5. The predicted octanol–water partition coefficient (Wildman–Crippen LogP) is 1.68. The number of aromatic nitrogens is 2. The fourth-order valence-corrected chi connectivity index (χ4v) is 3.40. The molecular weight excluding hydrogens is 308 g/mol. The maximum atomic E-state index is 12.3. The molecule has 1 aliphatic heterocycles. The molecule has 3 rings (SSSR count). The van der Waals surface area contributed by atoms with Crippen molar-refractivity contribution in [3.8, 4) is 0 Å². The average molecular weight is 334 g/mol. The van der Waals surface area contributed by atoms with Gasteiger partial charge in [0.25, 0.3) is 0 Å². The summed E-state index contributed by atoms with van der Waals surface area (Å²) in [5.41, 5.74) is 0. The second-order valence-corrected chi connectivity index (χ2v) is 6.86. The molecule has 2 heterocycles. The minimum Gasteiger partial charge on any atom is -0.469 e. The number of hydrogen-bond acceptors (Lipinski definition) is 5. The maximum Gasteiger partial charge on any atom is 0.308 e. The number of carbonyl (C=O) groups is 2. The van der Waals surface area contributed by atoms with Crippen LogP contribution in [0.2, 0.25) is 0 Å². The van der Waals surface area contributed by atoms with Gasteiger partial charge in [-0.3, -0.25) is 14.5 Å². The molecular formula is C17H26N4O3. The molecule has 1 aromatic heterocycles. The van der Waals surface area contributed by atoms with Crippen molar-refractivity contribution in [2.24, 2.45) is 11.8 Å². The SMILES string of the molecule is COC(=O)C1CCN(CC(=O)Nc2ccnn2C(C)C2CC2)CC1. The molecule has 132 valence electrons. The van der Waals surface area contributed by atoms with Crippen LogP contribution < -0.4 is 5.32 Å². The van der Waals surface area contributed by atoms with Gasteiger partial charge >= 0.3 is 5.97 Å². The molecule has 1 unspecified atom stereocenters. The quantitative estimate of drug-likeness (QED) is 0.801. The molecule has 2 aliphatic rings. The van der Waals surface area contributed by atoms with Crippen molar-refractivity contribution in [1.82, 2.24) is 14.7 Å². The van der Waals surface area contributed by atoms with Gasteiger partial charge in [0.1, 0.15) is 5.82 Å². The van der Waals surface area contributed by atoms with Crippen LogP contribution in [0.1, 0.15) is 38.6 Å². The van der Waals surface area contributed by atoms with E-state index in [0.717, 1.165) is 31.7 Å². The van der Waals surface area contributed by atoms with Gasteiger partial charge in [-0.25, -0.2) is 4.68 Å². The molecule has 0 aromatic carbocycles. The molecule has 1 atom stereocenters. The standard InChI is InChI=1S/C17H26N4O3/c1-12(13-3-4-13)21-15(5-8-18-21)19-16(22)11-20-9-6-14(7-10-20)17(23)24-2/h5,8,12-14H,3-4,6-7,9-11H2,1-2H3,(H,19,22). The van der Waals surface area contributed by atoms with E-state index in [-0.39, 0.29) is 17.8 Å². The monoisotopic (exact) mass is 334 g/mol. The number of esters is 1. The first kappa shape index (κ1) is 17.0. The van der Waals surface area contributed by atoms with E-state index >= 15 is 0 Å². The van der Waals surface area contributed by atoms with E-state index < -0.39 is 0 Å². The van der Waals surface area contributed by atoms with Gasteiger partial charge < -0.3 is 10.1 Å². The Balaban J connectivity index is 1.48. The van der Waals surface area contributed by atoms with Crippen molar-refractivity contribution in [2.75, 3.05) is 32.1 Å². The van der Waals surface area contributed by atoms with E-state index in [9.17, 15) is 9.59 Å². The Morgan fingerprint density at radius 3 is 2.67 bits per heavy atom. The molecule has 2 fully saturated rings. The lowest BCUT2D eigenvalue weighted by atomic mass is 9.97. The number of piperidine rings is 1. The number of carbonyl (C=O) groups excluding carboxylic acids is 2. The Hall–Kier alpha value is -1.89. The number of methoxy groups -OCH3 is 1. The van der Waals surface area contributed by atoms with E-state index in [1.807, 2.05) is 10.7 Å². The molecule has 1 amide bonds. The zero-order valence-electron chi connectivity index (χ0n) is 14.4. The fraction of sp³-hybridized carbons (Fsp3) is 0.706. The van der Waals surface area contributed by atoms with Crippen LogP contribution in [0.5, 0.6) is 0 Å². The molecule has 24 heavy (non-hydrogen) atoms. The first-order valence-electron chi connectivity index (χ1n) is 8.72. The Labute approximate surface area is 142 Å². The smallest absolute Gasteiger partial charge is 0.308 e. The van der Waals surface area contributed by atoms with Crippen LogP contribution in [-0.2, 0) is 14.3 Å². The highest BCUT2D eigenvalue weighted by Crippen LogP contribution is 2.40. The molecule has 1 N–H and O–H groups in total. The summed E-state index contributed by atoms with van der Waals surface area (Å²) in [6.07, 6.45) is 5.71. The van der Waals surface area contributed by atoms with E-state index in [1.54, 1.807) is 6.20 Å². The zero-order valence-corrected chi connectivity index (χ0v) is 14.4. The minimum absolute atomic E-state index is 0.0312. The van der Waals surface area contributed by atoms with Crippen molar-refractivity contribution in [3.63, 3.8) is 0 Å². The van der Waals surface area contributed by atoms with Gasteiger partial charge in [0.05, 0.1) is 31.8 Å². The number of ether oxygens (including phenoxy) is 1. The van der Waals surface area contributed by atoms with Crippen LogP contribution in [0.15, 0.2) is 12.3 Å². The van der Waals surface area contributed by atoms with E-state index in [4.69, 9.17) is 4.74 Å². The Morgan fingerprint density at radius 2 is 2.04 bits per heavy atom. The molecule has 0 spiro atoms. The summed E-state index contributed by atoms with van der Waals surface area (Å²) in [7, 11) is 1.42. The van der Waals surface area contributed by atoms with Crippen molar-refractivity contribution < 1.29 is 14.3 Å². The largest absolute Gasteiger partial charge is 0.469 e. The van der Waals surface area contributed by atoms with E-state index in [1.165, 1.54) is 20.0 Å². The lowest BCUT2D eigenvalue weighted by molar-refractivity contribution is -0.147. The molecule has 7 nitrogen and oxygen atoms in total. The Kier molecular flexibility index (Phi) is 5.18. The van der Waals surface area contributed by atoms with Crippen LogP contribution in [0.4, 0.5) is 5.82 Å². The van der Waals surface area contributed by atoms with Crippen LogP contribution in [0.25, 0.3) is 0 Å². The Morgan fingerprint density at radius 1 is 1.33 bits per heavy atom. The van der Waals surface area contributed by atoms with Gasteiger partial charge in [-0.15, -0.1) is 0 Å².